The standard InChI is InChI=1S/C15H23F2NO2/c1-2-3-4-9-20-14-7-5-13(6-8-14)10-18-11-15(16,17)12-19/h5-8,18-19H,2-4,9-12H2,1H3. The first-order valence-electron chi connectivity index (χ1n) is 6.98. The lowest BCUT2D eigenvalue weighted by Gasteiger charge is -2.14. The fourth-order valence-electron chi connectivity index (χ4n) is 1.69. The highest BCUT2D eigenvalue weighted by Gasteiger charge is 2.26. The molecule has 1 aromatic carbocycles. The molecular formula is C15H23F2NO2. The van der Waals surface area contributed by atoms with E-state index in [1.54, 1.807) is 0 Å². The van der Waals surface area contributed by atoms with Gasteiger partial charge in [0.25, 0.3) is 5.92 Å². The van der Waals surface area contributed by atoms with Crippen molar-refractivity contribution in [3.8, 4) is 5.75 Å². The molecule has 2 N–H and O–H groups in total. The lowest BCUT2D eigenvalue weighted by molar-refractivity contribution is -0.0477. The first kappa shape index (κ1) is 16.9. The fraction of sp³-hybridized carbons (Fsp3) is 0.600. The molecule has 0 bridgehead atoms. The van der Waals surface area contributed by atoms with Gasteiger partial charge in [0.2, 0.25) is 0 Å². The maximum Gasteiger partial charge on any atom is 0.282 e. The Kier molecular flexibility index (Phi) is 7.47. The van der Waals surface area contributed by atoms with Crippen molar-refractivity contribution in [3.05, 3.63) is 29.8 Å². The molecule has 20 heavy (non-hydrogen) atoms. The van der Waals surface area contributed by atoms with Gasteiger partial charge in [0.1, 0.15) is 12.4 Å². The molecule has 0 saturated carbocycles. The van der Waals surface area contributed by atoms with Crippen LogP contribution in [0.5, 0.6) is 5.75 Å². The molecule has 0 saturated heterocycles. The summed E-state index contributed by atoms with van der Waals surface area (Å²) in [7, 11) is 0. The number of alkyl halides is 2. The molecule has 1 rings (SSSR count). The van der Waals surface area contributed by atoms with Gasteiger partial charge in [-0.05, 0) is 24.1 Å². The molecule has 0 radical (unpaired) electrons. The smallest absolute Gasteiger partial charge is 0.282 e. The van der Waals surface area contributed by atoms with Crippen LogP contribution in [-0.2, 0) is 6.54 Å². The summed E-state index contributed by atoms with van der Waals surface area (Å²) in [6.07, 6.45) is 3.35. The molecule has 5 heteroatoms. The number of benzene rings is 1. The number of ether oxygens (including phenoxy) is 1. The van der Waals surface area contributed by atoms with E-state index in [9.17, 15) is 8.78 Å². The lowest BCUT2D eigenvalue weighted by atomic mass is 10.2. The second kappa shape index (κ2) is 8.87. The van der Waals surface area contributed by atoms with Crippen molar-refractivity contribution >= 4 is 0 Å². The molecule has 114 valence electrons. The Hall–Kier alpha value is -1.20. The zero-order chi connectivity index (χ0) is 14.8. The first-order valence-corrected chi connectivity index (χ1v) is 6.98. The first-order chi connectivity index (χ1) is 9.57. The minimum Gasteiger partial charge on any atom is -0.494 e. The van der Waals surface area contributed by atoms with Gasteiger partial charge in [-0.15, -0.1) is 0 Å². The van der Waals surface area contributed by atoms with E-state index in [0.717, 1.165) is 30.6 Å². The SMILES string of the molecule is CCCCCOc1ccc(CNCC(F)(F)CO)cc1. The van der Waals surface area contributed by atoms with Crippen LogP contribution in [0.15, 0.2) is 24.3 Å². The zero-order valence-corrected chi connectivity index (χ0v) is 11.9. The van der Waals surface area contributed by atoms with E-state index in [0.29, 0.717) is 13.2 Å². The third-order valence-electron chi connectivity index (χ3n) is 2.88. The second-order valence-corrected chi connectivity index (χ2v) is 4.82. The number of hydrogen-bond donors (Lipinski definition) is 2. The summed E-state index contributed by atoms with van der Waals surface area (Å²) in [6.45, 7) is 1.52. The van der Waals surface area contributed by atoms with Crippen LogP contribution in [0.4, 0.5) is 8.78 Å². The summed E-state index contributed by atoms with van der Waals surface area (Å²) in [5.74, 6) is -2.27. The summed E-state index contributed by atoms with van der Waals surface area (Å²) in [6, 6.07) is 7.37. The van der Waals surface area contributed by atoms with Crippen molar-refractivity contribution in [1.82, 2.24) is 5.32 Å². The zero-order valence-electron chi connectivity index (χ0n) is 11.9. The topological polar surface area (TPSA) is 41.5 Å². The average Bonchev–Trinajstić information content (AvgIpc) is 2.45. The van der Waals surface area contributed by atoms with E-state index in [1.165, 1.54) is 0 Å². The molecular weight excluding hydrogens is 264 g/mol. The summed E-state index contributed by atoms with van der Waals surface area (Å²) in [5, 5.41) is 11.1. The van der Waals surface area contributed by atoms with E-state index in [2.05, 4.69) is 12.2 Å². The van der Waals surface area contributed by atoms with Gasteiger partial charge in [0.05, 0.1) is 13.2 Å². The highest BCUT2D eigenvalue weighted by atomic mass is 19.3. The van der Waals surface area contributed by atoms with Crippen LogP contribution >= 0.6 is 0 Å². The molecule has 0 aliphatic heterocycles. The molecule has 0 amide bonds. The van der Waals surface area contributed by atoms with Gasteiger partial charge in [0.15, 0.2) is 0 Å². The molecule has 0 fully saturated rings. The number of aliphatic hydroxyl groups is 1. The summed E-state index contributed by atoms with van der Waals surface area (Å²) >= 11 is 0. The Balaban J connectivity index is 2.28. The van der Waals surface area contributed by atoms with E-state index in [1.807, 2.05) is 24.3 Å². The Bertz CT molecular complexity index is 369. The molecule has 0 aromatic heterocycles. The van der Waals surface area contributed by atoms with Gasteiger partial charge in [-0.2, -0.15) is 0 Å². The Morgan fingerprint density at radius 1 is 1.20 bits per heavy atom. The summed E-state index contributed by atoms with van der Waals surface area (Å²) in [5.41, 5.74) is 0.902. The highest BCUT2D eigenvalue weighted by Crippen LogP contribution is 2.14. The third kappa shape index (κ3) is 6.82. The molecule has 0 aliphatic carbocycles. The minimum absolute atomic E-state index is 0.339. The van der Waals surface area contributed by atoms with Gasteiger partial charge in [-0.25, -0.2) is 8.78 Å². The number of aliphatic hydroxyl groups excluding tert-OH is 1. The normalized spacial score (nSPS) is 11.6. The maximum absolute atomic E-state index is 12.8. The largest absolute Gasteiger partial charge is 0.494 e. The molecule has 0 unspecified atom stereocenters. The van der Waals surface area contributed by atoms with Crippen LogP contribution < -0.4 is 10.1 Å². The monoisotopic (exact) mass is 287 g/mol. The van der Waals surface area contributed by atoms with Crippen molar-refractivity contribution in [1.29, 1.82) is 0 Å². The van der Waals surface area contributed by atoms with Gasteiger partial charge in [-0.3, -0.25) is 0 Å². The second-order valence-electron chi connectivity index (χ2n) is 4.82. The molecule has 0 atom stereocenters. The Labute approximate surface area is 119 Å². The molecule has 0 heterocycles. The predicted molar refractivity (Wildman–Crippen MR) is 75.2 cm³/mol. The van der Waals surface area contributed by atoms with Gasteiger partial charge < -0.3 is 15.2 Å². The van der Waals surface area contributed by atoms with Crippen molar-refractivity contribution in [2.24, 2.45) is 0 Å². The Morgan fingerprint density at radius 2 is 1.90 bits per heavy atom. The quantitative estimate of drug-likeness (QED) is 0.650. The van der Waals surface area contributed by atoms with E-state index < -0.39 is 19.1 Å². The minimum atomic E-state index is -3.07. The number of hydrogen-bond acceptors (Lipinski definition) is 3. The molecule has 0 aliphatic rings. The summed E-state index contributed by atoms with van der Waals surface area (Å²) < 4.78 is 31.1. The third-order valence-corrected chi connectivity index (χ3v) is 2.88. The molecule has 1 aromatic rings. The number of rotatable bonds is 10. The van der Waals surface area contributed by atoms with Gasteiger partial charge in [0, 0.05) is 6.54 Å². The average molecular weight is 287 g/mol. The van der Waals surface area contributed by atoms with Crippen molar-refractivity contribution < 1.29 is 18.6 Å². The van der Waals surface area contributed by atoms with Crippen LogP contribution in [0.25, 0.3) is 0 Å². The van der Waals surface area contributed by atoms with Crippen molar-refractivity contribution in [2.45, 2.75) is 38.7 Å². The van der Waals surface area contributed by atoms with Crippen LogP contribution in [0.2, 0.25) is 0 Å². The van der Waals surface area contributed by atoms with Gasteiger partial charge in [-0.1, -0.05) is 31.9 Å². The summed E-state index contributed by atoms with van der Waals surface area (Å²) in [4.78, 5) is 0. The predicted octanol–water partition coefficient (Wildman–Crippen LogP) is 2.97. The molecule has 0 spiro atoms. The fourth-order valence-corrected chi connectivity index (χ4v) is 1.69. The van der Waals surface area contributed by atoms with Crippen LogP contribution in [-0.4, -0.2) is 30.8 Å². The lowest BCUT2D eigenvalue weighted by Crippen LogP contribution is -2.35. The number of nitrogens with one attached hydrogen (secondary N) is 1. The van der Waals surface area contributed by atoms with Crippen LogP contribution in [0.3, 0.4) is 0 Å². The Morgan fingerprint density at radius 3 is 2.50 bits per heavy atom. The van der Waals surface area contributed by atoms with E-state index in [4.69, 9.17) is 9.84 Å². The van der Waals surface area contributed by atoms with E-state index >= 15 is 0 Å². The van der Waals surface area contributed by atoms with Gasteiger partial charge >= 0.3 is 0 Å². The van der Waals surface area contributed by atoms with Crippen LogP contribution in [0, 0.1) is 0 Å². The maximum atomic E-state index is 12.8. The van der Waals surface area contributed by atoms with Crippen molar-refractivity contribution in [2.75, 3.05) is 19.8 Å². The highest BCUT2D eigenvalue weighted by molar-refractivity contribution is 5.27. The van der Waals surface area contributed by atoms with E-state index in [-0.39, 0.29) is 0 Å². The number of unbranched alkanes of at least 4 members (excludes halogenated alkanes) is 2. The van der Waals surface area contributed by atoms with Crippen molar-refractivity contribution in [3.63, 3.8) is 0 Å². The van der Waals surface area contributed by atoms with Crippen LogP contribution in [0.1, 0.15) is 31.7 Å². The molecule has 3 nitrogen and oxygen atoms in total. The number of halogens is 2.